The normalized spacial score (nSPS) is 24.7. The first-order chi connectivity index (χ1) is 16.6. The number of pyridine rings is 1. The molecule has 0 spiro atoms. The Bertz CT molecular complexity index is 1250. The Labute approximate surface area is 203 Å². The Morgan fingerprint density at radius 1 is 1.21 bits per heavy atom. The molecule has 1 saturated carbocycles. The molecule has 3 aliphatic rings. The number of nitriles is 1. The van der Waals surface area contributed by atoms with Crippen molar-refractivity contribution in [3.05, 3.63) is 23.4 Å². The Balaban J connectivity index is 1.57. The number of aryl methyl sites for hydroxylation is 1. The third kappa shape index (κ3) is 3.51. The van der Waals surface area contributed by atoms with E-state index in [9.17, 15) is 5.26 Å². The molecule has 1 unspecified atom stereocenters. The van der Waals surface area contributed by atoms with Crippen LogP contribution in [0.1, 0.15) is 62.9 Å². The first-order valence-electron chi connectivity index (χ1n) is 12.3. The van der Waals surface area contributed by atoms with Gasteiger partial charge in [0, 0.05) is 13.0 Å². The van der Waals surface area contributed by atoms with Crippen LogP contribution in [-0.2, 0) is 14.9 Å². The van der Waals surface area contributed by atoms with Gasteiger partial charge < -0.3 is 14.4 Å². The molecule has 5 heterocycles. The second-order valence-corrected chi connectivity index (χ2v) is 10.6. The van der Waals surface area contributed by atoms with Crippen molar-refractivity contribution >= 4 is 27.6 Å². The number of fused-ring (bicyclic) bond motifs is 1. The minimum Gasteiger partial charge on any atom is -0.377 e. The molecular weight excluding hydrogens is 448 g/mol. The van der Waals surface area contributed by atoms with Gasteiger partial charge >= 0.3 is 0 Å². The minimum atomic E-state index is -0.485. The van der Waals surface area contributed by atoms with Crippen molar-refractivity contribution in [2.75, 3.05) is 31.3 Å². The summed E-state index contributed by atoms with van der Waals surface area (Å²) in [6, 6.07) is 7.21. The van der Waals surface area contributed by atoms with Crippen LogP contribution in [0.3, 0.4) is 0 Å². The first kappa shape index (κ1) is 22.0. The monoisotopic (exact) mass is 478 g/mol. The molecule has 8 nitrogen and oxygen atoms in total. The molecule has 3 fully saturated rings. The summed E-state index contributed by atoms with van der Waals surface area (Å²) in [6.07, 6.45) is 6.03. The Morgan fingerprint density at radius 3 is 2.74 bits per heavy atom. The lowest BCUT2D eigenvalue weighted by Gasteiger charge is -2.36. The van der Waals surface area contributed by atoms with E-state index in [4.69, 9.17) is 23.9 Å². The zero-order valence-electron chi connectivity index (χ0n) is 19.8. The maximum atomic E-state index is 10.4. The fraction of sp³-hybridized carbons (Fsp3) is 0.600. The number of hydrogen-bond acceptors (Lipinski definition) is 8. The number of ether oxygens (including phenoxy) is 2. The van der Waals surface area contributed by atoms with E-state index in [2.05, 4.69) is 30.0 Å². The molecule has 0 bridgehead atoms. The Hall–Kier alpha value is -2.54. The lowest BCUT2D eigenvalue weighted by atomic mass is 9.70. The number of morpholine rings is 1. The SMILES string of the molecule is Cc1cc(-c2nsc3c(C4(C#N)CCCCC4)cc(N4CCOC[C@H]4C)nc23)n(C2CCO2)n1. The van der Waals surface area contributed by atoms with Gasteiger partial charge in [-0.3, -0.25) is 0 Å². The van der Waals surface area contributed by atoms with Crippen LogP contribution in [0.15, 0.2) is 12.1 Å². The van der Waals surface area contributed by atoms with Gasteiger partial charge in [0.05, 0.1) is 53.4 Å². The second-order valence-electron chi connectivity index (χ2n) is 9.84. The average molecular weight is 479 g/mol. The molecular formula is C25H30N6O2S. The molecule has 3 aromatic rings. The largest absolute Gasteiger partial charge is 0.377 e. The highest BCUT2D eigenvalue weighted by atomic mass is 32.1. The molecule has 2 saturated heterocycles. The highest BCUT2D eigenvalue weighted by Gasteiger charge is 2.38. The summed E-state index contributed by atoms with van der Waals surface area (Å²) >= 11 is 1.47. The van der Waals surface area contributed by atoms with Crippen LogP contribution in [-0.4, -0.2) is 51.5 Å². The third-order valence-corrected chi connectivity index (χ3v) is 8.43. The number of aromatic nitrogens is 4. The lowest BCUT2D eigenvalue weighted by Crippen LogP contribution is -2.44. The standard InChI is InChI=1S/C25H30N6O2S/c1-16-12-19(31(28-16)21-6-10-33-21)22-23-24(34-29-22)18(25(15-26)7-4-3-5-8-25)13-20(27-23)30-9-11-32-14-17(30)2/h12-13,17,21H,3-11,14H2,1-2H3/t17-,21?/m1/s1. The van der Waals surface area contributed by atoms with Gasteiger partial charge in [0.1, 0.15) is 17.0 Å². The summed E-state index contributed by atoms with van der Waals surface area (Å²) in [7, 11) is 0. The predicted molar refractivity (Wildman–Crippen MR) is 131 cm³/mol. The number of anilines is 1. The van der Waals surface area contributed by atoms with Crippen LogP contribution in [0, 0.1) is 18.3 Å². The summed E-state index contributed by atoms with van der Waals surface area (Å²) in [5.74, 6) is 0.919. The van der Waals surface area contributed by atoms with Gasteiger partial charge in [-0.15, -0.1) is 0 Å². The molecule has 6 rings (SSSR count). The van der Waals surface area contributed by atoms with Gasteiger partial charge in [0.15, 0.2) is 6.23 Å². The molecule has 34 heavy (non-hydrogen) atoms. The van der Waals surface area contributed by atoms with Crippen LogP contribution in [0.5, 0.6) is 0 Å². The van der Waals surface area contributed by atoms with E-state index in [0.29, 0.717) is 13.2 Å². The van der Waals surface area contributed by atoms with E-state index in [-0.39, 0.29) is 12.3 Å². The topological polar surface area (TPSA) is 89.1 Å². The van der Waals surface area contributed by atoms with Crippen LogP contribution in [0.2, 0.25) is 0 Å². The summed E-state index contributed by atoms with van der Waals surface area (Å²) < 4.78 is 19.4. The lowest BCUT2D eigenvalue weighted by molar-refractivity contribution is -0.105. The van der Waals surface area contributed by atoms with Crippen molar-refractivity contribution in [1.82, 2.24) is 19.1 Å². The van der Waals surface area contributed by atoms with Gasteiger partial charge in [-0.1, -0.05) is 19.3 Å². The van der Waals surface area contributed by atoms with E-state index in [1.165, 1.54) is 18.0 Å². The number of rotatable bonds is 4. The van der Waals surface area contributed by atoms with Gasteiger partial charge in [-0.05, 0) is 55.9 Å². The van der Waals surface area contributed by atoms with Gasteiger partial charge in [-0.2, -0.15) is 14.7 Å². The number of hydrogen-bond donors (Lipinski definition) is 0. The Morgan fingerprint density at radius 2 is 2.03 bits per heavy atom. The summed E-state index contributed by atoms with van der Waals surface area (Å²) in [5.41, 5.74) is 4.20. The smallest absolute Gasteiger partial charge is 0.153 e. The van der Waals surface area contributed by atoms with E-state index >= 15 is 0 Å². The molecule has 0 aromatic carbocycles. The molecule has 0 amide bonds. The zero-order chi connectivity index (χ0) is 23.3. The van der Waals surface area contributed by atoms with Gasteiger partial charge in [0.25, 0.3) is 0 Å². The fourth-order valence-corrected chi connectivity index (χ4v) is 6.52. The van der Waals surface area contributed by atoms with Crippen LogP contribution < -0.4 is 4.90 Å². The van der Waals surface area contributed by atoms with Crippen LogP contribution in [0.25, 0.3) is 21.6 Å². The molecule has 1 aliphatic carbocycles. The van der Waals surface area contributed by atoms with Crippen molar-refractivity contribution in [3.8, 4) is 17.5 Å². The summed E-state index contributed by atoms with van der Waals surface area (Å²) in [4.78, 5) is 7.51. The minimum absolute atomic E-state index is 0.0498. The maximum absolute atomic E-state index is 10.4. The molecule has 0 radical (unpaired) electrons. The second kappa shape index (κ2) is 8.59. The molecule has 2 aliphatic heterocycles. The molecule has 178 valence electrons. The highest BCUT2D eigenvalue weighted by Crippen LogP contribution is 2.46. The molecule has 3 aromatic heterocycles. The average Bonchev–Trinajstić information content (AvgIpc) is 3.41. The van der Waals surface area contributed by atoms with Crippen LogP contribution in [0.4, 0.5) is 5.82 Å². The van der Waals surface area contributed by atoms with E-state index in [1.807, 2.05) is 11.6 Å². The third-order valence-electron chi connectivity index (χ3n) is 7.56. The van der Waals surface area contributed by atoms with Gasteiger partial charge in [-0.25, -0.2) is 9.67 Å². The summed E-state index contributed by atoms with van der Waals surface area (Å²) in [6.45, 7) is 7.08. The Kier molecular flexibility index (Phi) is 5.55. The van der Waals surface area contributed by atoms with Crippen molar-refractivity contribution in [3.63, 3.8) is 0 Å². The van der Waals surface area contributed by atoms with Crippen molar-refractivity contribution in [2.45, 2.75) is 70.1 Å². The quantitative estimate of drug-likeness (QED) is 0.535. The van der Waals surface area contributed by atoms with E-state index < -0.39 is 5.41 Å². The zero-order valence-corrected chi connectivity index (χ0v) is 20.6. The number of nitrogens with zero attached hydrogens (tertiary/aromatic N) is 6. The summed E-state index contributed by atoms with van der Waals surface area (Å²) in [5, 5.41) is 15.2. The maximum Gasteiger partial charge on any atom is 0.153 e. The van der Waals surface area contributed by atoms with Crippen LogP contribution >= 0.6 is 11.5 Å². The van der Waals surface area contributed by atoms with Crippen molar-refractivity contribution in [2.24, 2.45) is 0 Å². The van der Waals surface area contributed by atoms with Gasteiger partial charge in [0.2, 0.25) is 0 Å². The molecule has 2 atom stereocenters. The van der Waals surface area contributed by atoms with E-state index in [0.717, 1.165) is 83.9 Å². The molecule has 9 heteroatoms. The highest BCUT2D eigenvalue weighted by molar-refractivity contribution is 7.13. The fourth-order valence-electron chi connectivity index (χ4n) is 5.57. The van der Waals surface area contributed by atoms with Crippen molar-refractivity contribution in [1.29, 1.82) is 5.26 Å². The van der Waals surface area contributed by atoms with E-state index in [1.54, 1.807) is 0 Å². The first-order valence-corrected chi connectivity index (χ1v) is 13.1. The predicted octanol–water partition coefficient (Wildman–Crippen LogP) is 4.73. The molecule has 0 N–H and O–H groups in total. The van der Waals surface area contributed by atoms with Crippen molar-refractivity contribution < 1.29 is 9.47 Å².